The van der Waals surface area contributed by atoms with Gasteiger partial charge in [-0.15, -0.1) is 0 Å². The molecule has 18 heavy (non-hydrogen) atoms. The zero-order chi connectivity index (χ0) is 12.8. The Bertz CT molecular complexity index is 488. The van der Waals surface area contributed by atoms with E-state index < -0.39 is 0 Å². The van der Waals surface area contributed by atoms with Crippen LogP contribution in [0.15, 0.2) is 60.7 Å². The van der Waals surface area contributed by atoms with E-state index in [1.165, 1.54) is 5.56 Å². The van der Waals surface area contributed by atoms with Gasteiger partial charge in [0.2, 0.25) is 0 Å². The second-order valence-corrected chi connectivity index (χ2v) is 4.64. The van der Waals surface area contributed by atoms with Gasteiger partial charge in [-0.2, -0.15) is 0 Å². The van der Waals surface area contributed by atoms with Gasteiger partial charge in [0.15, 0.2) is 5.78 Å². The van der Waals surface area contributed by atoms with Crippen molar-refractivity contribution < 1.29 is 4.79 Å². The predicted molar refractivity (Wildman–Crippen MR) is 74.9 cm³/mol. The zero-order valence-electron chi connectivity index (χ0n) is 10.7. The molecule has 92 valence electrons. The molecule has 0 amide bonds. The summed E-state index contributed by atoms with van der Waals surface area (Å²) in [5, 5.41) is 0. The van der Waals surface area contributed by atoms with Gasteiger partial charge in [0, 0.05) is 12.0 Å². The summed E-state index contributed by atoms with van der Waals surface area (Å²) in [4.78, 5) is 12.0. The van der Waals surface area contributed by atoms with Crippen LogP contribution >= 0.6 is 0 Å². The van der Waals surface area contributed by atoms with Gasteiger partial charge in [-0.25, -0.2) is 0 Å². The third-order valence-corrected chi connectivity index (χ3v) is 3.27. The Hall–Kier alpha value is -1.89. The average Bonchev–Trinajstić information content (AvgIpc) is 2.46. The van der Waals surface area contributed by atoms with Crippen LogP contribution in [0.4, 0.5) is 0 Å². The van der Waals surface area contributed by atoms with Crippen LogP contribution in [-0.4, -0.2) is 5.78 Å². The monoisotopic (exact) mass is 238 g/mol. The highest BCUT2D eigenvalue weighted by Crippen LogP contribution is 2.21. The lowest BCUT2D eigenvalue weighted by Gasteiger charge is -2.11. The van der Waals surface area contributed by atoms with Gasteiger partial charge in [-0.3, -0.25) is 4.79 Å². The summed E-state index contributed by atoms with van der Waals surface area (Å²) in [5.74, 6) is 0.664. The minimum Gasteiger partial charge on any atom is -0.294 e. The molecule has 2 aromatic carbocycles. The first kappa shape index (κ1) is 12.6. The summed E-state index contributed by atoms with van der Waals surface area (Å²) in [7, 11) is 0. The van der Waals surface area contributed by atoms with Crippen LogP contribution in [0.1, 0.15) is 41.6 Å². The number of hydrogen-bond acceptors (Lipinski definition) is 1. The lowest BCUT2D eigenvalue weighted by atomic mass is 9.94. The van der Waals surface area contributed by atoms with Gasteiger partial charge in [-0.1, -0.05) is 67.6 Å². The van der Waals surface area contributed by atoms with E-state index in [-0.39, 0.29) is 5.78 Å². The summed E-state index contributed by atoms with van der Waals surface area (Å²) in [6.45, 7) is 2.17. The Morgan fingerprint density at radius 2 is 1.50 bits per heavy atom. The van der Waals surface area contributed by atoms with E-state index in [1.54, 1.807) is 0 Å². The van der Waals surface area contributed by atoms with Gasteiger partial charge in [-0.05, 0) is 17.9 Å². The number of benzene rings is 2. The lowest BCUT2D eigenvalue weighted by molar-refractivity contribution is 0.0978. The fraction of sp³-hybridized carbons (Fsp3) is 0.235. The molecule has 0 saturated heterocycles. The molecule has 0 N–H and O–H groups in total. The van der Waals surface area contributed by atoms with Crippen LogP contribution < -0.4 is 0 Å². The molecule has 0 bridgehead atoms. The van der Waals surface area contributed by atoms with Gasteiger partial charge in [0.1, 0.15) is 0 Å². The minimum absolute atomic E-state index is 0.235. The maximum Gasteiger partial charge on any atom is 0.162 e. The molecule has 1 nitrogen and oxygen atoms in total. The van der Waals surface area contributed by atoms with Crippen molar-refractivity contribution in [1.82, 2.24) is 0 Å². The summed E-state index contributed by atoms with van der Waals surface area (Å²) in [5.41, 5.74) is 2.12. The highest BCUT2D eigenvalue weighted by atomic mass is 16.1. The molecule has 0 spiro atoms. The van der Waals surface area contributed by atoms with Crippen LogP contribution in [0.2, 0.25) is 0 Å². The van der Waals surface area contributed by atoms with Crippen molar-refractivity contribution in [3.63, 3.8) is 0 Å². The third kappa shape index (κ3) is 3.30. The largest absolute Gasteiger partial charge is 0.294 e. The summed E-state index contributed by atoms with van der Waals surface area (Å²) in [6.07, 6.45) is 1.51. The predicted octanol–water partition coefficient (Wildman–Crippen LogP) is 4.45. The Balaban J connectivity index is 1.91. The van der Waals surface area contributed by atoms with Crippen molar-refractivity contribution in [2.24, 2.45) is 0 Å². The molecular weight excluding hydrogens is 220 g/mol. The summed E-state index contributed by atoms with van der Waals surface area (Å²) < 4.78 is 0. The average molecular weight is 238 g/mol. The van der Waals surface area contributed by atoms with Gasteiger partial charge in [0.05, 0.1) is 0 Å². The molecular formula is C17H18O. The van der Waals surface area contributed by atoms with E-state index in [0.29, 0.717) is 12.3 Å². The van der Waals surface area contributed by atoms with Crippen LogP contribution in [-0.2, 0) is 0 Å². The molecule has 1 heteroatoms. The molecule has 0 heterocycles. The Morgan fingerprint density at radius 3 is 2.11 bits per heavy atom. The second-order valence-electron chi connectivity index (χ2n) is 4.64. The number of carbonyl (C=O) groups is 1. The Labute approximate surface area is 108 Å². The normalized spacial score (nSPS) is 12.1. The van der Waals surface area contributed by atoms with E-state index in [1.807, 2.05) is 48.5 Å². The van der Waals surface area contributed by atoms with Crippen molar-refractivity contribution in [1.29, 1.82) is 0 Å². The van der Waals surface area contributed by atoms with Crippen molar-refractivity contribution >= 4 is 5.78 Å². The third-order valence-electron chi connectivity index (χ3n) is 3.27. The molecule has 0 aromatic heterocycles. The van der Waals surface area contributed by atoms with Crippen molar-refractivity contribution in [2.45, 2.75) is 25.7 Å². The standard InChI is InChI=1S/C17H18O/c1-14(15-8-4-2-5-9-15)12-13-17(18)16-10-6-3-7-11-16/h2-11,14H,12-13H2,1H3. The Morgan fingerprint density at radius 1 is 0.944 bits per heavy atom. The van der Waals surface area contributed by atoms with Crippen LogP contribution in [0.5, 0.6) is 0 Å². The van der Waals surface area contributed by atoms with E-state index in [4.69, 9.17) is 0 Å². The molecule has 0 aliphatic heterocycles. The molecule has 1 atom stereocenters. The van der Waals surface area contributed by atoms with E-state index in [9.17, 15) is 4.79 Å². The number of ketones is 1. The van der Waals surface area contributed by atoms with E-state index in [0.717, 1.165) is 12.0 Å². The Kier molecular flexibility index (Phi) is 4.30. The first-order valence-electron chi connectivity index (χ1n) is 6.40. The fourth-order valence-corrected chi connectivity index (χ4v) is 2.06. The summed E-state index contributed by atoms with van der Waals surface area (Å²) in [6, 6.07) is 19.9. The van der Waals surface area contributed by atoms with E-state index >= 15 is 0 Å². The molecule has 0 radical (unpaired) electrons. The second kappa shape index (κ2) is 6.15. The number of Topliss-reactive ketones (excluding diaryl/α,β-unsaturated/α-hetero) is 1. The van der Waals surface area contributed by atoms with Crippen molar-refractivity contribution in [3.8, 4) is 0 Å². The fourth-order valence-electron chi connectivity index (χ4n) is 2.06. The number of rotatable bonds is 5. The highest BCUT2D eigenvalue weighted by Gasteiger charge is 2.09. The number of hydrogen-bond donors (Lipinski definition) is 0. The van der Waals surface area contributed by atoms with E-state index in [2.05, 4.69) is 19.1 Å². The van der Waals surface area contributed by atoms with Crippen molar-refractivity contribution in [3.05, 3.63) is 71.8 Å². The minimum atomic E-state index is 0.235. The highest BCUT2D eigenvalue weighted by molar-refractivity contribution is 5.95. The maximum atomic E-state index is 12.0. The smallest absolute Gasteiger partial charge is 0.162 e. The quantitative estimate of drug-likeness (QED) is 0.703. The summed E-state index contributed by atoms with van der Waals surface area (Å²) >= 11 is 0. The van der Waals surface area contributed by atoms with Gasteiger partial charge in [0.25, 0.3) is 0 Å². The first-order chi connectivity index (χ1) is 8.77. The van der Waals surface area contributed by atoms with Crippen LogP contribution in [0.3, 0.4) is 0 Å². The van der Waals surface area contributed by atoms with Gasteiger partial charge >= 0.3 is 0 Å². The molecule has 0 fully saturated rings. The van der Waals surface area contributed by atoms with Crippen LogP contribution in [0.25, 0.3) is 0 Å². The zero-order valence-corrected chi connectivity index (χ0v) is 10.7. The van der Waals surface area contributed by atoms with Crippen LogP contribution in [0, 0.1) is 0 Å². The number of carbonyl (C=O) groups excluding carboxylic acids is 1. The molecule has 0 aliphatic carbocycles. The maximum absolute atomic E-state index is 12.0. The molecule has 2 rings (SSSR count). The topological polar surface area (TPSA) is 17.1 Å². The molecule has 0 saturated carbocycles. The molecule has 1 unspecified atom stereocenters. The van der Waals surface area contributed by atoms with Crippen molar-refractivity contribution in [2.75, 3.05) is 0 Å². The SMILES string of the molecule is CC(CCC(=O)c1ccccc1)c1ccccc1. The first-order valence-corrected chi connectivity index (χ1v) is 6.40. The lowest BCUT2D eigenvalue weighted by Crippen LogP contribution is -2.02. The molecule has 2 aromatic rings. The molecule has 0 aliphatic rings. The van der Waals surface area contributed by atoms with Gasteiger partial charge < -0.3 is 0 Å².